The predicted molar refractivity (Wildman–Crippen MR) is 65.8 cm³/mol. The quantitative estimate of drug-likeness (QED) is 0.799. The molecule has 5 nitrogen and oxygen atoms in total. The minimum absolute atomic E-state index is 0.222. The lowest BCUT2D eigenvalue weighted by molar-refractivity contribution is -0.147. The van der Waals surface area contributed by atoms with Gasteiger partial charge in [-0.05, 0) is 19.1 Å². The molecule has 0 spiro atoms. The highest BCUT2D eigenvalue weighted by Gasteiger charge is 2.28. The average Bonchev–Trinajstić information content (AvgIpc) is 2.81. The van der Waals surface area contributed by atoms with E-state index in [1.54, 1.807) is 19.1 Å². The minimum atomic E-state index is -1.21. The summed E-state index contributed by atoms with van der Waals surface area (Å²) in [4.78, 5) is 11.4. The van der Waals surface area contributed by atoms with Crippen molar-refractivity contribution < 1.29 is 19.1 Å². The van der Waals surface area contributed by atoms with Crippen LogP contribution in [0.2, 0.25) is 0 Å². The molecule has 0 saturated carbocycles. The predicted octanol–water partition coefficient (Wildman–Crippen LogP) is 1.36. The van der Waals surface area contributed by atoms with E-state index < -0.39 is 18.1 Å². The average molecular weight is 249 g/mol. The van der Waals surface area contributed by atoms with Crippen LogP contribution in [0.5, 0.6) is 0 Å². The summed E-state index contributed by atoms with van der Waals surface area (Å²) in [5.41, 5.74) is 6.26. The fourth-order valence-corrected chi connectivity index (χ4v) is 1.69. The molecule has 5 heteroatoms. The lowest BCUT2D eigenvalue weighted by atomic mass is 10.1. The number of para-hydroxylation sites is 1. The van der Waals surface area contributed by atoms with Crippen LogP contribution in [0, 0.1) is 0 Å². The van der Waals surface area contributed by atoms with Gasteiger partial charge in [0.15, 0.2) is 0 Å². The van der Waals surface area contributed by atoms with Gasteiger partial charge >= 0.3 is 5.97 Å². The first-order chi connectivity index (χ1) is 8.63. The Hall–Kier alpha value is -1.85. The zero-order chi connectivity index (χ0) is 13.1. The third-order valence-corrected chi connectivity index (χ3v) is 2.64. The second kappa shape index (κ2) is 5.20. The van der Waals surface area contributed by atoms with Gasteiger partial charge in [-0.25, -0.2) is 0 Å². The number of carbonyl (C=O) groups excluding carboxylic acids is 1. The number of ether oxygens (including phenoxy) is 1. The summed E-state index contributed by atoms with van der Waals surface area (Å²) >= 11 is 0. The highest BCUT2D eigenvalue weighted by atomic mass is 16.5. The third-order valence-electron chi connectivity index (χ3n) is 2.64. The van der Waals surface area contributed by atoms with Gasteiger partial charge in [0.1, 0.15) is 23.5 Å². The van der Waals surface area contributed by atoms with Gasteiger partial charge in [-0.15, -0.1) is 0 Å². The van der Waals surface area contributed by atoms with Crippen LogP contribution < -0.4 is 5.73 Å². The highest BCUT2D eigenvalue weighted by molar-refractivity contribution is 5.79. The normalized spacial score (nSPS) is 14.4. The molecule has 2 rings (SSSR count). The standard InChI is InChI=1S/C13H15NO4/c1-2-17-13(16)11(14)12(15)10-7-8-5-3-4-6-9(8)18-10/h3-7,11-12,15H,2,14H2,1H3. The van der Waals surface area contributed by atoms with Gasteiger partial charge in [-0.3, -0.25) is 4.79 Å². The van der Waals surface area contributed by atoms with Crippen molar-refractivity contribution in [1.82, 2.24) is 0 Å². The summed E-state index contributed by atoms with van der Waals surface area (Å²) in [6.07, 6.45) is -1.21. The number of hydrogen-bond acceptors (Lipinski definition) is 5. The fourth-order valence-electron chi connectivity index (χ4n) is 1.69. The Morgan fingerprint density at radius 2 is 2.22 bits per heavy atom. The SMILES string of the molecule is CCOC(=O)C(N)C(O)c1cc2ccccc2o1. The summed E-state index contributed by atoms with van der Waals surface area (Å²) in [6, 6.07) is 7.84. The van der Waals surface area contributed by atoms with Gasteiger partial charge in [-0.2, -0.15) is 0 Å². The van der Waals surface area contributed by atoms with Crippen LogP contribution in [-0.4, -0.2) is 23.7 Å². The van der Waals surface area contributed by atoms with Gasteiger partial charge in [0.25, 0.3) is 0 Å². The molecule has 0 aliphatic rings. The number of aliphatic hydroxyl groups excluding tert-OH is 1. The maximum Gasteiger partial charge on any atom is 0.326 e. The Balaban J connectivity index is 2.22. The molecule has 18 heavy (non-hydrogen) atoms. The molecule has 0 bridgehead atoms. The molecule has 2 unspecified atom stereocenters. The molecule has 0 radical (unpaired) electrons. The van der Waals surface area contributed by atoms with E-state index in [2.05, 4.69) is 0 Å². The summed E-state index contributed by atoms with van der Waals surface area (Å²) in [7, 11) is 0. The monoisotopic (exact) mass is 249 g/mol. The van der Waals surface area contributed by atoms with E-state index in [1.165, 1.54) is 0 Å². The zero-order valence-electron chi connectivity index (χ0n) is 10.00. The van der Waals surface area contributed by atoms with Crippen LogP contribution in [0.4, 0.5) is 0 Å². The Kier molecular flexibility index (Phi) is 3.64. The summed E-state index contributed by atoms with van der Waals surface area (Å²) in [5.74, 6) is -0.387. The molecular weight excluding hydrogens is 234 g/mol. The molecule has 0 amide bonds. The van der Waals surface area contributed by atoms with Gasteiger partial charge in [0.2, 0.25) is 0 Å². The third kappa shape index (κ3) is 2.37. The van der Waals surface area contributed by atoms with E-state index in [9.17, 15) is 9.90 Å². The lowest BCUT2D eigenvalue weighted by Gasteiger charge is -2.14. The molecule has 1 aromatic heterocycles. The largest absolute Gasteiger partial charge is 0.465 e. The van der Waals surface area contributed by atoms with Crippen LogP contribution in [0.25, 0.3) is 11.0 Å². The van der Waals surface area contributed by atoms with E-state index >= 15 is 0 Å². The van der Waals surface area contributed by atoms with Gasteiger partial charge < -0.3 is 20.0 Å². The molecular formula is C13H15NO4. The minimum Gasteiger partial charge on any atom is -0.465 e. The summed E-state index contributed by atoms with van der Waals surface area (Å²) < 4.78 is 10.2. The van der Waals surface area contributed by atoms with Crippen LogP contribution in [0.3, 0.4) is 0 Å². The first-order valence-electron chi connectivity index (χ1n) is 5.72. The van der Waals surface area contributed by atoms with Crippen molar-refractivity contribution in [3.8, 4) is 0 Å². The number of fused-ring (bicyclic) bond motifs is 1. The topological polar surface area (TPSA) is 85.7 Å². The van der Waals surface area contributed by atoms with E-state index in [0.29, 0.717) is 5.58 Å². The van der Waals surface area contributed by atoms with Gasteiger partial charge in [0.05, 0.1) is 6.61 Å². The second-order valence-electron chi connectivity index (χ2n) is 3.91. The first kappa shape index (κ1) is 12.6. The molecule has 1 heterocycles. The Bertz CT molecular complexity index is 516. The van der Waals surface area contributed by atoms with E-state index in [1.807, 2.05) is 18.2 Å². The highest BCUT2D eigenvalue weighted by Crippen LogP contribution is 2.25. The molecule has 0 aliphatic heterocycles. The van der Waals surface area contributed by atoms with Crippen molar-refractivity contribution in [2.75, 3.05) is 6.61 Å². The van der Waals surface area contributed by atoms with Gasteiger partial charge in [0, 0.05) is 5.39 Å². The Morgan fingerprint density at radius 1 is 1.50 bits per heavy atom. The molecule has 96 valence electrons. The molecule has 0 saturated heterocycles. The van der Waals surface area contributed by atoms with E-state index in [4.69, 9.17) is 14.9 Å². The molecule has 1 aromatic carbocycles. The molecule has 2 aromatic rings. The number of carbonyl (C=O) groups is 1. The molecule has 0 fully saturated rings. The van der Waals surface area contributed by atoms with Crippen molar-refractivity contribution >= 4 is 16.9 Å². The lowest BCUT2D eigenvalue weighted by Crippen LogP contribution is -2.38. The van der Waals surface area contributed by atoms with Crippen LogP contribution >= 0.6 is 0 Å². The second-order valence-corrected chi connectivity index (χ2v) is 3.91. The number of hydrogen-bond donors (Lipinski definition) is 2. The number of esters is 1. The summed E-state index contributed by atoms with van der Waals surface area (Å²) in [5, 5.41) is 10.8. The number of nitrogens with two attached hydrogens (primary N) is 1. The van der Waals surface area contributed by atoms with Crippen LogP contribution in [-0.2, 0) is 9.53 Å². The fraction of sp³-hybridized carbons (Fsp3) is 0.308. The van der Waals surface area contributed by atoms with Gasteiger partial charge in [-0.1, -0.05) is 18.2 Å². The zero-order valence-corrected chi connectivity index (χ0v) is 10.00. The Labute approximate surface area is 104 Å². The van der Waals surface area contributed by atoms with Crippen molar-refractivity contribution in [3.05, 3.63) is 36.1 Å². The molecule has 3 N–H and O–H groups in total. The Morgan fingerprint density at radius 3 is 2.89 bits per heavy atom. The molecule has 2 atom stereocenters. The maximum absolute atomic E-state index is 11.4. The smallest absolute Gasteiger partial charge is 0.326 e. The van der Waals surface area contributed by atoms with E-state index in [0.717, 1.165) is 5.39 Å². The number of benzene rings is 1. The van der Waals surface area contributed by atoms with Crippen molar-refractivity contribution in [1.29, 1.82) is 0 Å². The van der Waals surface area contributed by atoms with Crippen molar-refractivity contribution in [2.45, 2.75) is 19.1 Å². The maximum atomic E-state index is 11.4. The number of furan rings is 1. The number of aliphatic hydroxyl groups is 1. The van der Waals surface area contributed by atoms with Crippen LogP contribution in [0.1, 0.15) is 18.8 Å². The van der Waals surface area contributed by atoms with Crippen LogP contribution in [0.15, 0.2) is 34.7 Å². The van der Waals surface area contributed by atoms with Crippen molar-refractivity contribution in [2.24, 2.45) is 5.73 Å². The van der Waals surface area contributed by atoms with E-state index in [-0.39, 0.29) is 12.4 Å². The first-order valence-corrected chi connectivity index (χ1v) is 5.72. The number of rotatable bonds is 4. The molecule has 0 aliphatic carbocycles. The van der Waals surface area contributed by atoms with Crippen molar-refractivity contribution in [3.63, 3.8) is 0 Å². The summed E-state index contributed by atoms with van der Waals surface area (Å²) in [6.45, 7) is 1.90.